The van der Waals surface area contributed by atoms with Crippen LogP contribution in [0.3, 0.4) is 0 Å². The van der Waals surface area contributed by atoms with Crippen LogP contribution in [0.1, 0.15) is 27.7 Å². The summed E-state index contributed by atoms with van der Waals surface area (Å²) >= 11 is 1.67. The summed E-state index contributed by atoms with van der Waals surface area (Å²) < 4.78 is 0.209. The lowest BCUT2D eigenvalue weighted by Crippen LogP contribution is -2.24. The molecule has 0 rings (SSSR count). The third kappa shape index (κ3) is 33.0. The van der Waals surface area contributed by atoms with Gasteiger partial charge in [0.05, 0.1) is 6.23 Å². The van der Waals surface area contributed by atoms with Gasteiger partial charge in [-0.15, -0.1) is 0 Å². The molecule has 0 saturated heterocycles. The Morgan fingerprint density at radius 1 is 1.23 bits per heavy atom. The highest BCUT2D eigenvalue weighted by Gasteiger charge is 2.11. The third-order valence-electron chi connectivity index (χ3n) is 0.687. The van der Waals surface area contributed by atoms with E-state index < -0.39 is 12.5 Å². The molecule has 0 spiro atoms. The molecule has 0 aliphatic heterocycles. The zero-order valence-corrected chi connectivity index (χ0v) is 9.64. The lowest BCUT2D eigenvalue weighted by atomic mass is 10.3. The summed E-state index contributed by atoms with van der Waals surface area (Å²) in [6.45, 7) is 7.79. The van der Waals surface area contributed by atoms with Crippen molar-refractivity contribution < 1.29 is 10.2 Å². The molecule has 4 nitrogen and oxygen atoms in total. The Hall–Kier alpha value is 0.190. The molecule has 0 fully saturated rings. The summed E-state index contributed by atoms with van der Waals surface area (Å²) in [6.07, 6.45) is -1.34. The average molecular weight is 210 g/mol. The molecule has 0 amide bonds. The van der Waals surface area contributed by atoms with Crippen LogP contribution >= 0.6 is 11.8 Å². The molecule has 0 unspecified atom stereocenters. The molecule has 0 saturated carbocycles. The van der Waals surface area contributed by atoms with Gasteiger partial charge in [0.2, 0.25) is 0 Å². The second kappa shape index (κ2) is 7.58. The van der Waals surface area contributed by atoms with Crippen molar-refractivity contribution in [1.82, 2.24) is 0 Å². The van der Waals surface area contributed by atoms with E-state index >= 15 is 0 Å². The summed E-state index contributed by atoms with van der Waals surface area (Å²) in [5.41, 5.74) is 9.80. The number of hydrogen-bond acceptors (Lipinski definition) is 5. The Bertz CT molecular complexity index is 110. The lowest BCUT2D eigenvalue weighted by Gasteiger charge is -2.17. The summed E-state index contributed by atoms with van der Waals surface area (Å²) in [5.74, 6) is 0.615. The van der Waals surface area contributed by atoms with Crippen LogP contribution in [0.2, 0.25) is 0 Å². The quantitative estimate of drug-likeness (QED) is 0.484. The number of hydrogen-bond donors (Lipinski definition) is 4. The van der Waals surface area contributed by atoms with Gasteiger partial charge < -0.3 is 21.7 Å². The van der Waals surface area contributed by atoms with Crippen LogP contribution in [-0.2, 0) is 0 Å². The molecular formula is C8H22N2O2S. The molecule has 0 aromatic rings. The highest BCUT2D eigenvalue weighted by atomic mass is 32.2. The van der Waals surface area contributed by atoms with Crippen LogP contribution in [-0.4, -0.2) is 33.2 Å². The summed E-state index contributed by atoms with van der Waals surface area (Å²) in [6, 6.07) is 0. The van der Waals surface area contributed by atoms with Crippen LogP contribution in [0.15, 0.2) is 0 Å². The van der Waals surface area contributed by atoms with Crippen molar-refractivity contribution in [2.24, 2.45) is 11.5 Å². The van der Waals surface area contributed by atoms with Gasteiger partial charge in [-0.1, -0.05) is 20.8 Å². The molecule has 0 aliphatic rings. The Morgan fingerprint density at radius 3 is 1.62 bits per heavy atom. The van der Waals surface area contributed by atoms with Crippen LogP contribution < -0.4 is 11.5 Å². The fourth-order valence-corrected chi connectivity index (χ4v) is 1.01. The van der Waals surface area contributed by atoms with Gasteiger partial charge in [0, 0.05) is 10.5 Å². The molecule has 0 aliphatic carbocycles. The second-order valence-electron chi connectivity index (χ2n) is 3.73. The van der Waals surface area contributed by atoms with Crippen LogP contribution in [0.5, 0.6) is 0 Å². The van der Waals surface area contributed by atoms with E-state index in [1.807, 2.05) is 0 Å². The van der Waals surface area contributed by atoms with Gasteiger partial charge in [-0.2, -0.15) is 11.8 Å². The van der Waals surface area contributed by atoms with Crippen LogP contribution in [0.25, 0.3) is 0 Å². The number of aliphatic hydroxyl groups is 2. The van der Waals surface area contributed by atoms with Crippen molar-refractivity contribution in [2.45, 2.75) is 44.9 Å². The first-order chi connectivity index (χ1) is 5.65. The molecule has 5 heteroatoms. The van der Waals surface area contributed by atoms with Gasteiger partial charge in [-0.3, -0.25) is 0 Å². The first kappa shape index (κ1) is 15.7. The minimum atomic E-state index is -0.672. The van der Waals surface area contributed by atoms with Gasteiger partial charge in [-0.05, 0) is 6.92 Å². The first-order valence-corrected chi connectivity index (χ1v) is 5.15. The van der Waals surface area contributed by atoms with Crippen molar-refractivity contribution in [3.8, 4) is 0 Å². The van der Waals surface area contributed by atoms with Gasteiger partial charge in [0.1, 0.15) is 6.23 Å². The van der Waals surface area contributed by atoms with E-state index in [1.54, 1.807) is 11.8 Å². The molecule has 0 heterocycles. The zero-order valence-electron chi connectivity index (χ0n) is 8.82. The Labute approximate surface area is 84.7 Å². The molecule has 0 aromatic heterocycles. The van der Waals surface area contributed by atoms with E-state index in [4.69, 9.17) is 15.9 Å². The highest BCUT2D eigenvalue weighted by Crippen LogP contribution is 2.22. The van der Waals surface area contributed by atoms with Crippen molar-refractivity contribution in [1.29, 1.82) is 0 Å². The molecule has 0 radical (unpaired) electrons. The normalized spacial score (nSPS) is 15.7. The smallest absolute Gasteiger partial charge is 0.111 e. The maximum Gasteiger partial charge on any atom is 0.111 e. The standard InChI is InChI=1S/C6H15NOS.C2H7NO/c1-6(2,3)9-4-5(7)8;1-2(3)4/h5,8H,4,7H2,1-3H3;2,4H,3H2,1H3/t5-;2-/m11/s1. The van der Waals surface area contributed by atoms with Crippen LogP contribution in [0, 0.1) is 0 Å². The van der Waals surface area contributed by atoms with E-state index in [1.165, 1.54) is 6.92 Å². The van der Waals surface area contributed by atoms with E-state index in [0.29, 0.717) is 5.75 Å². The minimum Gasteiger partial charge on any atom is -0.379 e. The van der Waals surface area contributed by atoms with Crippen molar-refractivity contribution >= 4 is 11.8 Å². The second-order valence-corrected chi connectivity index (χ2v) is 5.58. The molecule has 0 bridgehead atoms. The Morgan fingerprint density at radius 2 is 1.54 bits per heavy atom. The highest BCUT2D eigenvalue weighted by molar-refractivity contribution is 8.00. The largest absolute Gasteiger partial charge is 0.379 e. The van der Waals surface area contributed by atoms with E-state index in [9.17, 15) is 0 Å². The SMILES string of the molecule is CC(C)(C)SC[C@H](N)O.C[C@H](N)O. The topological polar surface area (TPSA) is 92.5 Å². The van der Waals surface area contributed by atoms with Gasteiger partial charge >= 0.3 is 0 Å². The molecule has 2 atom stereocenters. The van der Waals surface area contributed by atoms with Crippen molar-refractivity contribution in [2.75, 3.05) is 5.75 Å². The summed E-state index contributed by atoms with van der Waals surface area (Å²) in [5, 5.41) is 16.5. The Kier molecular flexibility index (Phi) is 9.13. The molecule has 0 aromatic carbocycles. The van der Waals surface area contributed by atoms with Crippen molar-refractivity contribution in [3.05, 3.63) is 0 Å². The number of thioether (sulfide) groups is 1. The maximum absolute atomic E-state index is 8.67. The van der Waals surface area contributed by atoms with Crippen molar-refractivity contribution in [3.63, 3.8) is 0 Å². The predicted molar refractivity (Wildman–Crippen MR) is 58.3 cm³/mol. The summed E-state index contributed by atoms with van der Waals surface area (Å²) in [4.78, 5) is 0. The predicted octanol–water partition coefficient (Wildman–Crippen LogP) is 0.0786. The van der Waals surface area contributed by atoms with E-state index in [2.05, 4.69) is 26.5 Å². The number of aliphatic hydroxyl groups excluding tert-OH is 2. The fourth-order valence-electron chi connectivity index (χ4n) is 0.335. The minimum absolute atomic E-state index is 0.209. The van der Waals surface area contributed by atoms with E-state index in [-0.39, 0.29) is 4.75 Å². The Balaban J connectivity index is 0. The van der Waals surface area contributed by atoms with Gasteiger partial charge in [0.15, 0.2) is 0 Å². The molecule has 82 valence electrons. The molecular weight excluding hydrogens is 188 g/mol. The van der Waals surface area contributed by atoms with Gasteiger partial charge in [0.25, 0.3) is 0 Å². The molecule has 13 heavy (non-hydrogen) atoms. The maximum atomic E-state index is 8.67. The fraction of sp³-hybridized carbons (Fsp3) is 1.00. The first-order valence-electron chi connectivity index (χ1n) is 4.16. The number of rotatable bonds is 2. The number of nitrogens with two attached hydrogens (primary N) is 2. The average Bonchev–Trinajstić information content (AvgIpc) is 1.80. The summed E-state index contributed by atoms with van der Waals surface area (Å²) in [7, 11) is 0. The molecule has 6 N–H and O–H groups in total. The third-order valence-corrected chi connectivity index (χ3v) is 2.06. The van der Waals surface area contributed by atoms with E-state index in [0.717, 1.165) is 0 Å². The van der Waals surface area contributed by atoms with Gasteiger partial charge in [-0.25, -0.2) is 0 Å². The lowest BCUT2D eigenvalue weighted by molar-refractivity contribution is 0.203. The monoisotopic (exact) mass is 210 g/mol. The zero-order chi connectivity index (χ0) is 11.1. The van der Waals surface area contributed by atoms with Crippen LogP contribution in [0.4, 0.5) is 0 Å².